The number of hydrogen-bond acceptors (Lipinski definition) is 1. The Labute approximate surface area is 123 Å². The van der Waals surface area contributed by atoms with Crippen LogP contribution >= 0.6 is 0 Å². The van der Waals surface area contributed by atoms with E-state index in [0.717, 1.165) is 0 Å². The van der Waals surface area contributed by atoms with E-state index in [1.807, 2.05) is 0 Å². The molecule has 1 aromatic carbocycles. The molecule has 1 aromatic rings. The average molecular weight is 331 g/mol. The molecule has 0 aromatic heterocycles. The van der Waals surface area contributed by atoms with Crippen LogP contribution in [-0.4, -0.2) is 0 Å². The van der Waals surface area contributed by atoms with Crippen LogP contribution in [-0.2, 0) is 12.4 Å². The van der Waals surface area contributed by atoms with Gasteiger partial charge in [-0.1, -0.05) is 13.8 Å². The van der Waals surface area contributed by atoms with Crippen molar-refractivity contribution in [2.24, 2.45) is 11.7 Å². The van der Waals surface area contributed by atoms with E-state index < -0.39 is 40.9 Å². The van der Waals surface area contributed by atoms with Crippen molar-refractivity contribution in [3.63, 3.8) is 0 Å². The first-order valence-corrected chi connectivity index (χ1v) is 6.57. The molecule has 8 heteroatoms. The highest BCUT2D eigenvalue weighted by molar-refractivity contribution is 5.38. The van der Waals surface area contributed by atoms with Gasteiger partial charge in [-0.05, 0) is 30.9 Å². The van der Waals surface area contributed by atoms with Gasteiger partial charge in [0.2, 0.25) is 0 Å². The normalized spacial score (nSPS) is 14.5. The third-order valence-electron chi connectivity index (χ3n) is 3.19. The molecule has 0 unspecified atom stereocenters. The predicted molar refractivity (Wildman–Crippen MR) is 67.4 cm³/mol. The summed E-state index contributed by atoms with van der Waals surface area (Å²) in [5, 5.41) is 0. The number of hydrogen-bond donors (Lipinski definition) is 1. The van der Waals surface area contributed by atoms with Gasteiger partial charge in [-0.25, -0.2) is 4.39 Å². The molecular weight excluding hydrogens is 315 g/mol. The average Bonchev–Trinajstić information content (AvgIpc) is 2.32. The van der Waals surface area contributed by atoms with E-state index in [1.165, 1.54) is 0 Å². The molecule has 1 nitrogen and oxygen atoms in total. The van der Waals surface area contributed by atoms with E-state index >= 15 is 0 Å². The van der Waals surface area contributed by atoms with Crippen LogP contribution in [0.5, 0.6) is 0 Å². The molecule has 0 heterocycles. The van der Waals surface area contributed by atoms with Crippen LogP contribution in [0.25, 0.3) is 0 Å². The second-order valence-electron chi connectivity index (χ2n) is 5.49. The number of nitrogens with two attached hydrogens (primary N) is 1. The van der Waals surface area contributed by atoms with E-state index in [-0.39, 0.29) is 24.5 Å². The molecule has 0 bridgehead atoms. The fourth-order valence-corrected chi connectivity index (χ4v) is 2.05. The molecular formula is C14H16F7N. The fraction of sp³-hybridized carbons (Fsp3) is 0.571. The van der Waals surface area contributed by atoms with Crippen molar-refractivity contribution in [3.05, 3.63) is 34.6 Å². The molecule has 0 aliphatic heterocycles. The molecule has 22 heavy (non-hydrogen) atoms. The minimum absolute atomic E-state index is 0.0447. The van der Waals surface area contributed by atoms with Gasteiger partial charge in [-0.3, -0.25) is 0 Å². The number of benzene rings is 1. The highest BCUT2D eigenvalue weighted by Crippen LogP contribution is 2.40. The maximum Gasteiger partial charge on any atom is 0.416 e. The van der Waals surface area contributed by atoms with Crippen LogP contribution in [0.4, 0.5) is 30.7 Å². The number of rotatable bonds is 4. The third kappa shape index (κ3) is 4.59. The van der Waals surface area contributed by atoms with Gasteiger partial charge in [-0.2, -0.15) is 26.3 Å². The molecule has 0 radical (unpaired) electrons. The van der Waals surface area contributed by atoms with Crippen molar-refractivity contribution in [1.82, 2.24) is 0 Å². The van der Waals surface area contributed by atoms with Crippen LogP contribution in [0.3, 0.4) is 0 Å². The second-order valence-corrected chi connectivity index (χ2v) is 5.49. The summed E-state index contributed by atoms with van der Waals surface area (Å²) >= 11 is 0. The highest BCUT2D eigenvalue weighted by Gasteiger charge is 2.40. The summed E-state index contributed by atoms with van der Waals surface area (Å²) in [5.74, 6) is -1.46. The Morgan fingerprint density at radius 2 is 1.50 bits per heavy atom. The number of alkyl halides is 6. The molecule has 0 saturated heterocycles. The van der Waals surface area contributed by atoms with E-state index in [9.17, 15) is 30.7 Å². The molecule has 0 spiro atoms. The van der Waals surface area contributed by atoms with E-state index in [4.69, 9.17) is 5.73 Å². The molecule has 1 atom stereocenters. The quantitative estimate of drug-likeness (QED) is 0.745. The van der Waals surface area contributed by atoms with Gasteiger partial charge in [-0.15, -0.1) is 0 Å². The SMILES string of the molecule is CC(C)CC[C@H](N)c1c(F)cc(C(F)(F)F)cc1C(F)(F)F. The maximum absolute atomic E-state index is 13.9. The zero-order valence-corrected chi connectivity index (χ0v) is 11.9. The lowest BCUT2D eigenvalue weighted by atomic mass is 9.92. The Bertz CT molecular complexity index is 517. The van der Waals surface area contributed by atoms with Crippen molar-refractivity contribution in [1.29, 1.82) is 0 Å². The molecule has 2 N–H and O–H groups in total. The third-order valence-corrected chi connectivity index (χ3v) is 3.19. The van der Waals surface area contributed by atoms with Crippen molar-refractivity contribution in [2.75, 3.05) is 0 Å². The predicted octanol–water partition coefficient (Wildman–Crippen LogP) is 5.30. The summed E-state index contributed by atoms with van der Waals surface area (Å²) in [6.07, 6.45) is -9.71. The first-order valence-electron chi connectivity index (χ1n) is 6.57. The lowest BCUT2D eigenvalue weighted by Crippen LogP contribution is -2.21. The molecule has 0 aliphatic rings. The fourth-order valence-electron chi connectivity index (χ4n) is 2.05. The summed E-state index contributed by atoms with van der Waals surface area (Å²) in [6.45, 7) is 3.61. The number of halogens is 7. The Balaban J connectivity index is 3.37. The monoisotopic (exact) mass is 331 g/mol. The van der Waals surface area contributed by atoms with Gasteiger partial charge >= 0.3 is 12.4 Å². The summed E-state index contributed by atoms with van der Waals surface area (Å²) in [4.78, 5) is 0. The Morgan fingerprint density at radius 3 is 1.91 bits per heavy atom. The van der Waals surface area contributed by atoms with Gasteiger partial charge in [0.25, 0.3) is 0 Å². The second kappa shape index (κ2) is 6.44. The van der Waals surface area contributed by atoms with Crippen molar-refractivity contribution >= 4 is 0 Å². The highest BCUT2D eigenvalue weighted by atomic mass is 19.4. The smallest absolute Gasteiger partial charge is 0.324 e. The topological polar surface area (TPSA) is 26.0 Å². The first kappa shape index (κ1) is 18.7. The molecule has 0 aliphatic carbocycles. The molecule has 1 rings (SSSR count). The van der Waals surface area contributed by atoms with Crippen LogP contribution in [0, 0.1) is 11.7 Å². The van der Waals surface area contributed by atoms with E-state index in [1.54, 1.807) is 13.8 Å². The van der Waals surface area contributed by atoms with Crippen LogP contribution in [0.15, 0.2) is 12.1 Å². The van der Waals surface area contributed by atoms with Gasteiger partial charge in [0.15, 0.2) is 0 Å². The Kier molecular flexibility index (Phi) is 5.48. The largest absolute Gasteiger partial charge is 0.416 e. The summed E-state index contributed by atoms with van der Waals surface area (Å²) < 4.78 is 90.4. The standard InChI is InChI=1S/C14H16F7N/c1-7(2)3-4-11(22)12-9(14(19,20)21)5-8(6-10(12)15)13(16,17)18/h5-7,11H,3-4,22H2,1-2H3/t11-/m0/s1. The first-order chi connectivity index (χ1) is 9.84. The van der Waals surface area contributed by atoms with E-state index in [0.29, 0.717) is 6.42 Å². The summed E-state index contributed by atoms with van der Waals surface area (Å²) in [5.41, 5.74) is 1.31. The Hall–Kier alpha value is -1.31. The lowest BCUT2D eigenvalue weighted by molar-refractivity contribution is -0.144. The maximum atomic E-state index is 13.9. The van der Waals surface area contributed by atoms with Gasteiger partial charge in [0.1, 0.15) is 5.82 Å². The molecule has 126 valence electrons. The summed E-state index contributed by atoms with van der Waals surface area (Å²) in [6, 6.07) is -1.35. The van der Waals surface area contributed by atoms with Crippen LogP contribution in [0.1, 0.15) is 49.4 Å². The van der Waals surface area contributed by atoms with Crippen LogP contribution in [0.2, 0.25) is 0 Å². The van der Waals surface area contributed by atoms with Gasteiger partial charge in [0, 0.05) is 11.6 Å². The molecule has 0 saturated carbocycles. The zero-order chi connectivity index (χ0) is 17.3. The lowest BCUT2D eigenvalue weighted by Gasteiger charge is -2.21. The van der Waals surface area contributed by atoms with Crippen molar-refractivity contribution in [2.45, 2.75) is 45.1 Å². The minimum atomic E-state index is -5.12. The van der Waals surface area contributed by atoms with Crippen molar-refractivity contribution in [3.8, 4) is 0 Å². The zero-order valence-electron chi connectivity index (χ0n) is 11.9. The molecule has 0 amide bonds. The summed E-state index contributed by atoms with van der Waals surface area (Å²) in [7, 11) is 0. The molecule has 0 fully saturated rings. The van der Waals surface area contributed by atoms with Crippen molar-refractivity contribution < 1.29 is 30.7 Å². The minimum Gasteiger partial charge on any atom is -0.324 e. The van der Waals surface area contributed by atoms with Gasteiger partial charge < -0.3 is 5.73 Å². The Morgan fingerprint density at radius 1 is 0.955 bits per heavy atom. The van der Waals surface area contributed by atoms with Gasteiger partial charge in [0.05, 0.1) is 11.1 Å². The van der Waals surface area contributed by atoms with E-state index in [2.05, 4.69) is 0 Å². The van der Waals surface area contributed by atoms with Crippen LogP contribution < -0.4 is 5.73 Å².